The average Bonchev–Trinajstić information content (AvgIpc) is 2.98. The van der Waals surface area contributed by atoms with Gasteiger partial charge in [-0.05, 0) is 12.8 Å². The highest BCUT2D eigenvalue weighted by Crippen LogP contribution is 2.32. The number of hydrogen-bond acceptors (Lipinski definition) is 4. The van der Waals surface area contributed by atoms with Gasteiger partial charge in [-0.3, -0.25) is 4.79 Å². The molecule has 1 aromatic heterocycles. The van der Waals surface area contributed by atoms with Crippen LogP contribution in [-0.2, 0) is 17.8 Å². The zero-order chi connectivity index (χ0) is 10.4. The maximum absolute atomic E-state index is 11.8. The van der Waals surface area contributed by atoms with Gasteiger partial charge in [0.2, 0.25) is 5.91 Å². The molecule has 80 valence electrons. The van der Waals surface area contributed by atoms with E-state index in [0.717, 1.165) is 37.3 Å². The van der Waals surface area contributed by atoms with Crippen LogP contribution in [0.5, 0.6) is 0 Å². The van der Waals surface area contributed by atoms with E-state index in [1.807, 2.05) is 4.90 Å². The van der Waals surface area contributed by atoms with E-state index in [1.54, 1.807) is 0 Å². The third-order valence-corrected chi connectivity index (χ3v) is 2.98. The first kappa shape index (κ1) is 8.76. The van der Waals surface area contributed by atoms with Gasteiger partial charge in [0.25, 0.3) is 6.01 Å². The number of oxazole rings is 1. The predicted molar refractivity (Wildman–Crippen MR) is 52.8 cm³/mol. The zero-order valence-electron chi connectivity index (χ0n) is 8.40. The predicted octanol–water partition coefficient (Wildman–Crippen LogP) is 0.551. The second-order valence-electron chi connectivity index (χ2n) is 4.21. The summed E-state index contributed by atoms with van der Waals surface area (Å²) in [6.45, 7) is 1.29. The zero-order valence-corrected chi connectivity index (χ0v) is 8.40. The number of amides is 1. The summed E-state index contributed by atoms with van der Waals surface area (Å²) in [5.74, 6) is 1.38. The van der Waals surface area contributed by atoms with E-state index in [-0.39, 0.29) is 17.8 Å². The average molecular weight is 207 g/mol. The van der Waals surface area contributed by atoms with Gasteiger partial charge in [0.15, 0.2) is 0 Å². The molecule has 1 aromatic rings. The van der Waals surface area contributed by atoms with Crippen LogP contribution in [0.25, 0.3) is 0 Å². The Morgan fingerprint density at radius 1 is 1.53 bits per heavy atom. The molecule has 0 saturated heterocycles. The van der Waals surface area contributed by atoms with E-state index < -0.39 is 0 Å². The molecule has 0 radical (unpaired) electrons. The van der Waals surface area contributed by atoms with Crippen LogP contribution in [0, 0.1) is 5.92 Å². The maximum Gasteiger partial charge on any atom is 0.292 e. The Morgan fingerprint density at radius 2 is 2.33 bits per heavy atom. The third-order valence-electron chi connectivity index (χ3n) is 2.98. The van der Waals surface area contributed by atoms with Gasteiger partial charge >= 0.3 is 0 Å². The number of rotatable bonds is 1. The highest BCUT2D eigenvalue weighted by Gasteiger charge is 2.35. The second-order valence-corrected chi connectivity index (χ2v) is 4.21. The SMILES string of the molecule is Nc1nc2c(o1)CCN(C(=O)C1CC1)C2. The van der Waals surface area contributed by atoms with E-state index in [0.29, 0.717) is 6.54 Å². The lowest BCUT2D eigenvalue weighted by Crippen LogP contribution is -2.36. The molecule has 3 rings (SSSR count). The molecule has 1 aliphatic carbocycles. The van der Waals surface area contributed by atoms with Crippen molar-refractivity contribution in [1.29, 1.82) is 0 Å². The standard InChI is InChI=1S/C10H13N3O2/c11-10-12-7-5-13(4-3-8(7)15-10)9(14)6-1-2-6/h6H,1-5H2,(H2,11,12). The first-order valence-electron chi connectivity index (χ1n) is 5.27. The van der Waals surface area contributed by atoms with Crippen LogP contribution in [0.3, 0.4) is 0 Å². The minimum Gasteiger partial charge on any atom is -0.428 e. The fourth-order valence-corrected chi connectivity index (χ4v) is 2.00. The molecule has 0 unspecified atom stereocenters. The Balaban J connectivity index is 1.78. The van der Waals surface area contributed by atoms with Crippen molar-refractivity contribution >= 4 is 11.9 Å². The van der Waals surface area contributed by atoms with Gasteiger partial charge in [0, 0.05) is 18.9 Å². The smallest absolute Gasteiger partial charge is 0.292 e. The highest BCUT2D eigenvalue weighted by molar-refractivity contribution is 5.81. The lowest BCUT2D eigenvalue weighted by molar-refractivity contribution is -0.133. The number of nitrogen functional groups attached to an aromatic ring is 1. The molecule has 0 spiro atoms. The van der Waals surface area contributed by atoms with Crippen LogP contribution >= 0.6 is 0 Å². The number of aromatic nitrogens is 1. The molecule has 2 aliphatic rings. The van der Waals surface area contributed by atoms with Crippen molar-refractivity contribution in [1.82, 2.24) is 9.88 Å². The van der Waals surface area contributed by atoms with Crippen LogP contribution in [0.15, 0.2) is 4.42 Å². The molecule has 15 heavy (non-hydrogen) atoms. The van der Waals surface area contributed by atoms with Gasteiger partial charge in [0.1, 0.15) is 11.5 Å². The van der Waals surface area contributed by atoms with Gasteiger partial charge in [0.05, 0.1) is 6.54 Å². The van der Waals surface area contributed by atoms with Crippen LogP contribution in [-0.4, -0.2) is 22.3 Å². The van der Waals surface area contributed by atoms with Crippen molar-refractivity contribution in [2.45, 2.75) is 25.8 Å². The number of nitrogens with zero attached hydrogens (tertiary/aromatic N) is 2. The van der Waals surface area contributed by atoms with Crippen molar-refractivity contribution < 1.29 is 9.21 Å². The Labute approximate surface area is 87.2 Å². The molecule has 5 heteroatoms. The van der Waals surface area contributed by atoms with Gasteiger partial charge in [-0.15, -0.1) is 0 Å². The van der Waals surface area contributed by atoms with E-state index in [1.165, 1.54) is 0 Å². The molecule has 5 nitrogen and oxygen atoms in total. The molecule has 2 N–H and O–H groups in total. The van der Waals surface area contributed by atoms with Crippen molar-refractivity contribution in [3.05, 3.63) is 11.5 Å². The van der Waals surface area contributed by atoms with E-state index >= 15 is 0 Å². The van der Waals surface area contributed by atoms with Gasteiger partial charge in [-0.1, -0.05) is 0 Å². The fraction of sp³-hybridized carbons (Fsp3) is 0.600. The normalized spacial score (nSPS) is 20.1. The minimum absolute atomic E-state index is 0.209. The monoisotopic (exact) mass is 207 g/mol. The Kier molecular flexibility index (Phi) is 1.74. The minimum atomic E-state index is 0.209. The number of carbonyl (C=O) groups excluding carboxylic acids is 1. The van der Waals surface area contributed by atoms with Gasteiger partial charge in [-0.2, -0.15) is 4.98 Å². The number of hydrogen-bond donors (Lipinski definition) is 1. The summed E-state index contributed by atoms with van der Waals surface area (Å²) in [7, 11) is 0. The summed E-state index contributed by atoms with van der Waals surface area (Å²) < 4.78 is 5.24. The Bertz CT molecular complexity index is 409. The summed E-state index contributed by atoms with van der Waals surface area (Å²) in [5, 5.41) is 0. The molecule has 1 aliphatic heterocycles. The van der Waals surface area contributed by atoms with Gasteiger partial charge in [-0.25, -0.2) is 0 Å². The van der Waals surface area contributed by atoms with E-state index in [2.05, 4.69) is 4.98 Å². The first-order valence-corrected chi connectivity index (χ1v) is 5.27. The molecule has 2 heterocycles. The Hall–Kier alpha value is -1.52. The quantitative estimate of drug-likeness (QED) is 0.730. The molecule has 0 aromatic carbocycles. The largest absolute Gasteiger partial charge is 0.428 e. The number of fused-ring (bicyclic) bond motifs is 1. The molecule has 1 saturated carbocycles. The van der Waals surface area contributed by atoms with Crippen molar-refractivity contribution in [2.75, 3.05) is 12.3 Å². The second kappa shape index (κ2) is 2.98. The molecule has 0 bridgehead atoms. The summed E-state index contributed by atoms with van der Waals surface area (Å²) in [6, 6.07) is 0.209. The Morgan fingerprint density at radius 3 is 3.07 bits per heavy atom. The molecule has 0 atom stereocenters. The van der Waals surface area contributed by atoms with E-state index in [9.17, 15) is 4.79 Å². The van der Waals surface area contributed by atoms with E-state index in [4.69, 9.17) is 10.2 Å². The number of anilines is 1. The molecule has 1 fully saturated rings. The van der Waals surface area contributed by atoms with Crippen molar-refractivity contribution in [2.24, 2.45) is 5.92 Å². The summed E-state index contributed by atoms with van der Waals surface area (Å²) >= 11 is 0. The topological polar surface area (TPSA) is 72.4 Å². The summed E-state index contributed by atoms with van der Waals surface area (Å²) in [4.78, 5) is 17.8. The van der Waals surface area contributed by atoms with Crippen LogP contribution in [0.4, 0.5) is 6.01 Å². The van der Waals surface area contributed by atoms with Crippen molar-refractivity contribution in [3.8, 4) is 0 Å². The summed E-state index contributed by atoms with van der Waals surface area (Å²) in [6.07, 6.45) is 2.82. The summed E-state index contributed by atoms with van der Waals surface area (Å²) in [5.41, 5.74) is 6.30. The lowest BCUT2D eigenvalue weighted by Gasteiger charge is -2.25. The van der Waals surface area contributed by atoms with Crippen LogP contribution in [0.1, 0.15) is 24.3 Å². The van der Waals surface area contributed by atoms with Crippen LogP contribution in [0.2, 0.25) is 0 Å². The maximum atomic E-state index is 11.8. The first-order chi connectivity index (χ1) is 7.24. The van der Waals surface area contributed by atoms with Crippen molar-refractivity contribution in [3.63, 3.8) is 0 Å². The lowest BCUT2D eigenvalue weighted by atomic mass is 10.1. The molecule has 1 amide bonds. The molecular formula is C10H13N3O2. The number of nitrogens with two attached hydrogens (primary N) is 1. The highest BCUT2D eigenvalue weighted by atomic mass is 16.4. The fourth-order valence-electron chi connectivity index (χ4n) is 2.00. The number of carbonyl (C=O) groups is 1. The molecular weight excluding hydrogens is 194 g/mol. The third kappa shape index (κ3) is 1.48. The van der Waals surface area contributed by atoms with Gasteiger partial charge < -0.3 is 15.1 Å². The van der Waals surface area contributed by atoms with Crippen LogP contribution < -0.4 is 5.73 Å².